The smallest absolute Gasteiger partial charge is 0.340 e. The first-order valence-electron chi connectivity index (χ1n) is 7.82. The van der Waals surface area contributed by atoms with Gasteiger partial charge in [0.1, 0.15) is 6.61 Å². The van der Waals surface area contributed by atoms with E-state index in [1.165, 1.54) is 18.3 Å². The van der Waals surface area contributed by atoms with Gasteiger partial charge in [-0.2, -0.15) is 0 Å². The van der Waals surface area contributed by atoms with E-state index in [2.05, 4.69) is 22.5 Å². The molecule has 0 spiro atoms. The van der Waals surface area contributed by atoms with E-state index in [4.69, 9.17) is 4.74 Å². The summed E-state index contributed by atoms with van der Waals surface area (Å²) in [7, 11) is 0. The van der Waals surface area contributed by atoms with Crippen molar-refractivity contribution in [3.05, 3.63) is 40.9 Å². The fourth-order valence-corrected chi connectivity index (χ4v) is 2.75. The van der Waals surface area contributed by atoms with Gasteiger partial charge in [-0.05, 0) is 18.6 Å². The first kappa shape index (κ1) is 17.9. The fraction of sp³-hybridized carbons (Fsp3) is 0.353. The first-order valence-corrected chi connectivity index (χ1v) is 8.70. The van der Waals surface area contributed by atoms with Crippen LogP contribution in [0.1, 0.15) is 42.7 Å². The Morgan fingerprint density at radius 2 is 2.08 bits per heavy atom. The third-order valence-corrected chi connectivity index (χ3v) is 3.99. The van der Waals surface area contributed by atoms with E-state index in [0.29, 0.717) is 16.4 Å². The van der Waals surface area contributed by atoms with Crippen LogP contribution in [0.25, 0.3) is 0 Å². The molecule has 2 aromatic rings. The number of amides is 1. The molecular weight excluding hydrogens is 326 g/mol. The zero-order valence-corrected chi connectivity index (χ0v) is 14.6. The molecule has 0 aliphatic heterocycles. The highest BCUT2D eigenvalue weighted by molar-refractivity contribution is 7.13. The summed E-state index contributed by atoms with van der Waals surface area (Å²) in [5, 5.41) is 8.11. The molecule has 0 radical (unpaired) electrons. The number of nitrogens with one attached hydrogen (secondary N) is 2. The summed E-state index contributed by atoms with van der Waals surface area (Å²) >= 11 is 1.30. The Morgan fingerprint density at radius 1 is 1.29 bits per heavy atom. The van der Waals surface area contributed by atoms with E-state index in [-0.39, 0.29) is 12.5 Å². The zero-order valence-electron chi connectivity index (χ0n) is 13.8. The molecule has 0 saturated heterocycles. The first-order chi connectivity index (χ1) is 11.6. The number of unbranched alkanes of at least 4 members (excludes halogenated alkanes) is 1. The van der Waals surface area contributed by atoms with Crippen molar-refractivity contribution in [3.8, 4) is 0 Å². The summed E-state index contributed by atoms with van der Waals surface area (Å²) in [6.45, 7) is 4.42. The van der Waals surface area contributed by atoms with Gasteiger partial charge in [-0.25, -0.2) is 9.78 Å². The second kappa shape index (κ2) is 9.02. The van der Waals surface area contributed by atoms with Crippen molar-refractivity contribution in [3.63, 3.8) is 0 Å². The molecule has 0 unspecified atom stereocenters. The maximum Gasteiger partial charge on any atom is 0.340 e. The van der Waals surface area contributed by atoms with Gasteiger partial charge in [0.25, 0.3) is 0 Å². The minimum absolute atomic E-state index is 0.0677. The molecule has 0 saturated carbocycles. The number of carbonyl (C=O) groups is 2. The van der Waals surface area contributed by atoms with E-state index in [0.717, 1.165) is 25.1 Å². The van der Waals surface area contributed by atoms with E-state index in [9.17, 15) is 9.59 Å². The molecular formula is C17H21N3O3S. The van der Waals surface area contributed by atoms with Crippen LogP contribution in [0.4, 0.5) is 10.8 Å². The molecule has 0 aliphatic rings. The third-order valence-electron chi connectivity index (χ3n) is 3.18. The topological polar surface area (TPSA) is 80.3 Å². The van der Waals surface area contributed by atoms with E-state index in [1.54, 1.807) is 17.5 Å². The van der Waals surface area contributed by atoms with Crippen molar-refractivity contribution in [2.75, 3.05) is 17.2 Å². The van der Waals surface area contributed by atoms with Crippen LogP contribution in [0.5, 0.6) is 0 Å². The molecule has 2 rings (SSSR count). The van der Waals surface area contributed by atoms with Crippen molar-refractivity contribution in [1.82, 2.24) is 4.98 Å². The number of anilines is 2. The number of hydrogen-bond acceptors (Lipinski definition) is 6. The minimum Gasteiger partial charge on any atom is -0.455 e. The maximum absolute atomic E-state index is 12.3. The van der Waals surface area contributed by atoms with Crippen LogP contribution in [0, 0.1) is 0 Å². The Bertz CT molecular complexity index is 700. The van der Waals surface area contributed by atoms with Gasteiger partial charge in [0.15, 0.2) is 5.13 Å². The molecule has 1 aromatic carbocycles. The van der Waals surface area contributed by atoms with E-state index < -0.39 is 5.97 Å². The summed E-state index contributed by atoms with van der Waals surface area (Å²) in [4.78, 5) is 27.5. The molecule has 24 heavy (non-hydrogen) atoms. The number of aromatic nitrogens is 1. The molecule has 1 heterocycles. The van der Waals surface area contributed by atoms with Crippen molar-refractivity contribution in [2.24, 2.45) is 0 Å². The van der Waals surface area contributed by atoms with Gasteiger partial charge in [-0.3, -0.25) is 4.79 Å². The predicted octanol–water partition coefficient (Wildman–Crippen LogP) is 3.67. The van der Waals surface area contributed by atoms with Gasteiger partial charge in [0, 0.05) is 24.5 Å². The Balaban J connectivity index is 1.94. The fourth-order valence-electron chi connectivity index (χ4n) is 2.01. The van der Waals surface area contributed by atoms with Crippen LogP contribution >= 0.6 is 11.3 Å². The SMILES string of the molecule is CCCCNc1ccccc1C(=O)OCc1csc(NC(C)=O)n1. The van der Waals surface area contributed by atoms with Crippen LogP contribution in [-0.4, -0.2) is 23.4 Å². The lowest BCUT2D eigenvalue weighted by Gasteiger charge is -2.11. The molecule has 7 heteroatoms. The van der Waals surface area contributed by atoms with Gasteiger partial charge in [0.2, 0.25) is 5.91 Å². The summed E-state index contributed by atoms with van der Waals surface area (Å²) in [6, 6.07) is 7.29. The Kier molecular flexibility index (Phi) is 6.74. The summed E-state index contributed by atoms with van der Waals surface area (Å²) in [6.07, 6.45) is 2.12. The lowest BCUT2D eigenvalue weighted by Crippen LogP contribution is -2.11. The Labute approximate surface area is 145 Å². The average molecular weight is 347 g/mol. The highest BCUT2D eigenvalue weighted by Gasteiger charge is 2.13. The number of carbonyl (C=O) groups excluding carboxylic acids is 2. The number of ether oxygens (including phenoxy) is 1. The predicted molar refractivity (Wildman–Crippen MR) is 95.4 cm³/mol. The zero-order chi connectivity index (χ0) is 17.4. The van der Waals surface area contributed by atoms with Crippen LogP contribution in [0.15, 0.2) is 29.6 Å². The van der Waals surface area contributed by atoms with E-state index in [1.807, 2.05) is 12.1 Å². The van der Waals surface area contributed by atoms with Gasteiger partial charge in [0.05, 0.1) is 11.3 Å². The molecule has 1 amide bonds. The highest BCUT2D eigenvalue weighted by atomic mass is 32.1. The third kappa shape index (κ3) is 5.34. The summed E-state index contributed by atoms with van der Waals surface area (Å²) < 4.78 is 5.33. The molecule has 0 fully saturated rings. The monoisotopic (exact) mass is 347 g/mol. The number of hydrogen-bond donors (Lipinski definition) is 2. The number of thiazole rings is 1. The number of rotatable bonds is 8. The molecule has 1 aromatic heterocycles. The van der Waals surface area contributed by atoms with Gasteiger partial charge >= 0.3 is 5.97 Å². The average Bonchev–Trinajstić information content (AvgIpc) is 3.00. The summed E-state index contributed by atoms with van der Waals surface area (Å²) in [5.74, 6) is -0.580. The van der Waals surface area contributed by atoms with Crippen molar-refractivity contribution in [1.29, 1.82) is 0 Å². The molecule has 0 atom stereocenters. The molecule has 6 nitrogen and oxygen atoms in total. The van der Waals surface area contributed by atoms with Crippen molar-refractivity contribution in [2.45, 2.75) is 33.3 Å². The molecule has 0 bridgehead atoms. The van der Waals surface area contributed by atoms with Crippen molar-refractivity contribution < 1.29 is 14.3 Å². The largest absolute Gasteiger partial charge is 0.455 e. The number of esters is 1. The second-order valence-electron chi connectivity index (χ2n) is 5.23. The van der Waals surface area contributed by atoms with Gasteiger partial charge in [-0.1, -0.05) is 25.5 Å². The van der Waals surface area contributed by atoms with Crippen LogP contribution in [0.2, 0.25) is 0 Å². The van der Waals surface area contributed by atoms with Crippen LogP contribution in [0.3, 0.4) is 0 Å². The Hall–Kier alpha value is -2.41. The summed E-state index contributed by atoms with van der Waals surface area (Å²) in [5.41, 5.74) is 1.88. The molecule has 0 aliphatic carbocycles. The lowest BCUT2D eigenvalue weighted by molar-refractivity contribution is -0.114. The molecule has 128 valence electrons. The lowest BCUT2D eigenvalue weighted by atomic mass is 10.1. The quantitative estimate of drug-likeness (QED) is 0.562. The van der Waals surface area contributed by atoms with Crippen molar-refractivity contribution >= 4 is 34.0 Å². The highest BCUT2D eigenvalue weighted by Crippen LogP contribution is 2.19. The number of nitrogens with zero attached hydrogens (tertiary/aromatic N) is 1. The minimum atomic E-state index is -0.399. The van der Waals surface area contributed by atoms with Gasteiger partial charge < -0.3 is 15.4 Å². The van der Waals surface area contributed by atoms with Crippen LogP contribution in [-0.2, 0) is 16.1 Å². The number of benzene rings is 1. The van der Waals surface area contributed by atoms with Gasteiger partial charge in [-0.15, -0.1) is 11.3 Å². The molecule has 2 N–H and O–H groups in total. The standard InChI is InChI=1S/C17H21N3O3S/c1-3-4-9-18-15-8-6-5-7-14(15)16(22)23-10-13-11-24-17(20-13)19-12(2)21/h5-8,11,18H,3-4,9-10H2,1-2H3,(H,19,20,21). The van der Waals surface area contributed by atoms with Crippen LogP contribution < -0.4 is 10.6 Å². The maximum atomic E-state index is 12.3. The Morgan fingerprint density at radius 3 is 2.83 bits per heavy atom. The number of para-hydroxylation sites is 1. The second-order valence-corrected chi connectivity index (χ2v) is 6.09. The normalized spacial score (nSPS) is 10.2. The van der Waals surface area contributed by atoms with E-state index >= 15 is 0 Å².